The highest BCUT2D eigenvalue weighted by molar-refractivity contribution is 5.97. The fourth-order valence-corrected chi connectivity index (χ4v) is 3.42. The summed E-state index contributed by atoms with van der Waals surface area (Å²) in [5.41, 5.74) is -0.458. The molecule has 0 heterocycles. The molecule has 0 aromatic heterocycles. The monoisotopic (exact) mass is 232 g/mol. The molecule has 2 rings (SSSR count). The number of aliphatic hydroxyl groups is 1. The smallest absolute Gasteiger partial charge is 0.164 e. The van der Waals surface area contributed by atoms with E-state index in [9.17, 15) is 9.90 Å². The zero-order chi connectivity index (χ0) is 12.5. The third-order valence-electron chi connectivity index (χ3n) is 4.52. The summed E-state index contributed by atoms with van der Waals surface area (Å²) in [4.78, 5) is 12.4. The highest BCUT2D eigenvalue weighted by atomic mass is 16.3. The molecule has 0 bridgehead atoms. The molecular formula is C15H20O2. The SMILES string of the molecule is C#CC[C@@]1(O)CCCC[C@@]12CCC(C)=CC2=O. The Bertz CT molecular complexity index is 402. The van der Waals surface area contributed by atoms with Crippen LogP contribution in [0.15, 0.2) is 11.6 Å². The maximum Gasteiger partial charge on any atom is 0.164 e. The van der Waals surface area contributed by atoms with Crippen LogP contribution in [0.5, 0.6) is 0 Å². The molecule has 0 radical (unpaired) electrons. The Labute approximate surface area is 103 Å². The predicted molar refractivity (Wildman–Crippen MR) is 67.3 cm³/mol. The third kappa shape index (κ3) is 1.83. The van der Waals surface area contributed by atoms with Crippen molar-refractivity contribution in [2.45, 2.75) is 57.5 Å². The molecule has 0 aromatic carbocycles. The zero-order valence-electron chi connectivity index (χ0n) is 10.5. The Hall–Kier alpha value is -1.07. The lowest BCUT2D eigenvalue weighted by Gasteiger charge is -2.50. The highest BCUT2D eigenvalue weighted by Crippen LogP contribution is 2.52. The number of carbonyl (C=O) groups is 1. The predicted octanol–water partition coefficient (Wildman–Crippen LogP) is 2.61. The van der Waals surface area contributed by atoms with Gasteiger partial charge in [-0.2, -0.15) is 0 Å². The quantitative estimate of drug-likeness (QED) is 0.706. The average molecular weight is 232 g/mol. The van der Waals surface area contributed by atoms with E-state index < -0.39 is 11.0 Å². The molecule has 1 spiro atoms. The molecule has 1 fully saturated rings. The van der Waals surface area contributed by atoms with E-state index in [1.54, 1.807) is 6.08 Å². The van der Waals surface area contributed by atoms with E-state index in [0.29, 0.717) is 12.8 Å². The van der Waals surface area contributed by atoms with Crippen LogP contribution in [0.3, 0.4) is 0 Å². The Morgan fingerprint density at radius 1 is 1.41 bits per heavy atom. The molecule has 0 unspecified atom stereocenters. The van der Waals surface area contributed by atoms with Crippen LogP contribution in [0.25, 0.3) is 0 Å². The van der Waals surface area contributed by atoms with Gasteiger partial charge in [-0.1, -0.05) is 18.4 Å². The summed E-state index contributed by atoms with van der Waals surface area (Å²) in [6.07, 6.45) is 12.5. The molecule has 1 N–H and O–H groups in total. The molecule has 2 atom stereocenters. The van der Waals surface area contributed by atoms with Crippen LogP contribution in [0.1, 0.15) is 51.9 Å². The number of rotatable bonds is 1. The molecule has 2 heteroatoms. The van der Waals surface area contributed by atoms with Gasteiger partial charge in [-0.15, -0.1) is 12.3 Å². The summed E-state index contributed by atoms with van der Waals surface area (Å²) >= 11 is 0. The fourth-order valence-electron chi connectivity index (χ4n) is 3.42. The molecule has 0 aliphatic heterocycles. The summed E-state index contributed by atoms with van der Waals surface area (Å²) in [7, 11) is 0. The molecule has 2 aliphatic rings. The number of hydrogen-bond acceptors (Lipinski definition) is 2. The Balaban J connectivity index is 2.39. The van der Waals surface area contributed by atoms with Gasteiger partial charge in [0.1, 0.15) is 0 Å². The fraction of sp³-hybridized carbons (Fsp3) is 0.667. The van der Waals surface area contributed by atoms with Crippen LogP contribution >= 0.6 is 0 Å². The van der Waals surface area contributed by atoms with E-state index >= 15 is 0 Å². The van der Waals surface area contributed by atoms with Gasteiger partial charge in [-0.25, -0.2) is 0 Å². The van der Waals surface area contributed by atoms with Crippen LogP contribution in [-0.4, -0.2) is 16.5 Å². The normalized spacial score (nSPS) is 37.7. The minimum absolute atomic E-state index is 0.0960. The summed E-state index contributed by atoms with van der Waals surface area (Å²) < 4.78 is 0. The van der Waals surface area contributed by atoms with Gasteiger partial charge in [-0.05, 0) is 38.7 Å². The Morgan fingerprint density at radius 3 is 2.76 bits per heavy atom. The topological polar surface area (TPSA) is 37.3 Å². The Kier molecular flexibility index (Phi) is 3.14. The van der Waals surface area contributed by atoms with Crippen molar-refractivity contribution in [3.63, 3.8) is 0 Å². The summed E-state index contributed by atoms with van der Waals surface area (Å²) in [6, 6.07) is 0. The summed E-state index contributed by atoms with van der Waals surface area (Å²) in [5, 5.41) is 10.8. The Morgan fingerprint density at radius 2 is 2.12 bits per heavy atom. The van der Waals surface area contributed by atoms with Crippen molar-refractivity contribution in [1.29, 1.82) is 0 Å². The van der Waals surface area contributed by atoms with Crippen molar-refractivity contribution in [2.75, 3.05) is 0 Å². The molecule has 17 heavy (non-hydrogen) atoms. The third-order valence-corrected chi connectivity index (χ3v) is 4.52. The number of terminal acetylenes is 1. The number of carbonyl (C=O) groups excluding carboxylic acids is 1. The first-order valence-corrected chi connectivity index (χ1v) is 6.42. The molecular weight excluding hydrogens is 212 g/mol. The highest BCUT2D eigenvalue weighted by Gasteiger charge is 2.55. The van der Waals surface area contributed by atoms with E-state index in [4.69, 9.17) is 6.42 Å². The number of hydrogen-bond donors (Lipinski definition) is 1. The second kappa shape index (κ2) is 4.31. The van der Waals surface area contributed by atoms with Gasteiger partial charge in [0.25, 0.3) is 0 Å². The van der Waals surface area contributed by atoms with Crippen molar-refractivity contribution < 1.29 is 9.90 Å². The van der Waals surface area contributed by atoms with Crippen molar-refractivity contribution in [3.05, 3.63) is 11.6 Å². The second-order valence-corrected chi connectivity index (χ2v) is 5.56. The molecule has 1 saturated carbocycles. The van der Waals surface area contributed by atoms with E-state index in [1.165, 1.54) is 0 Å². The van der Waals surface area contributed by atoms with Gasteiger partial charge in [0.2, 0.25) is 0 Å². The first-order valence-electron chi connectivity index (χ1n) is 6.42. The number of ketones is 1. The van der Waals surface area contributed by atoms with E-state index in [0.717, 1.165) is 37.7 Å². The van der Waals surface area contributed by atoms with Crippen LogP contribution in [0.4, 0.5) is 0 Å². The molecule has 0 aromatic rings. The van der Waals surface area contributed by atoms with Gasteiger partial charge >= 0.3 is 0 Å². The number of allylic oxidation sites excluding steroid dienone is 2. The standard InChI is InChI=1S/C15H20O2/c1-3-7-15(17)9-5-4-8-14(15)10-6-12(2)11-13(14)16/h1,11,17H,4-10H2,2H3/t14-,15+/m0/s1. The van der Waals surface area contributed by atoms with Crippen molar-refractivity contribution in [1.82, 2.24) is 0 Å². The first kappa shape index (κ1) is 12.4. The molecule has 92 valence electrons. The lowest BCUT2D eigenvalue weighted by Crippen LogP contribution is -2.55. The van der Waals surface area contributed by atoms with Crippen LogP contribution in [0.2, 0.25) is 0 Å². The maximum absolute atomic E-state index is 12.4. The minimum Gasteiger partial charge on any atom is -0.388 e. The summed E-state index contributed by atoms with van der Waals surface area (Å²) in [5.74, 6) is 2.65. The van der Waals surface area contributed by atoms with Crippen molar-refractivity contribution in [2.24, 2.45) is 5.41 Å². The molecule has 0 saturated heterocycles. The van der Waals surface area contributed by atoms with E-state index in [2.05, 4.69) is 5.92 Å². The summed E-state index contributed by atoms with van der Waals surface area (Å²) in [6.45, 7) is 1.98. The van der Waals surface area contributed by atoms with Crippen molar-refractivity contribution in [3.8, 4) is 12.3 Å². The average Bonchev–Trinajstić information content (AvgIpc) is 2.27. The van der Waals surface area contributed by atoms with E-state index in [-0.39, 0.29) is 5.78 Å². The van der Waals surface area contributed by atoms with Crippen LogP contribution in [-0.2, 0) is 4.79 Å². The van der Waals surface area contributed by atoms with Gasteiger partial charge in [0.05, 0.1) is 11.0 Å². The lowest BCUT2D eigenvalue weighted by molar-refractivity contribution is -0.154. The van der Waals surface area contributed by atoms with Crippen LogP contribution < -0.4 is 0 Å². The van der Waals surface area contributed by atoms with E-state index in [1.807, 2.05) is 6.92 Å². The minimum atomic E-state index is -0.978. The van der Waals surface area contributed by atoms with Gasteiger partial charge in [-0.3, -0.25) is 4.79 Å². The van der Waals surface area contributed by atoms with Gasteiger partial charge in [0, 0.05) is 6.42 Å². The van der Waals surface area contributed by atoms with Crippen LogP contribution in [0, 0.1) is 17.8 Å². The lowest BCUT2D eigenvalue weighted by atomic mass is 9.56. The van der Waals surface area contributed by atoms with Gasteiger partial charge < -0.3 is 5.11 Å². The largest absolute Gasteiger partial charge is 0.388 e. The zero-order valence-corrected chi connectivity index (χ0v) is 10.5. The molecule has 0 amide bonds. The molecule has 2 aliphatic carbocycles. The molecule has 2 nitrogen and oxygen atoms in total. The maximum atomic E-state index is 12.4. The second-order valence-electron chi connectivity index (χ2n) is 5.56. The first-order chi connectivity index (χ1) is 8.04. The van der Waals surface area contributed by atoms with Gasteiger partial charge in [0.15, 0.2) is 5.78 Å². The van der Waals surface area contributed by atoms with Crippen molar-refractivity contribution >= 4 is 5.78 Å².